The predicted octanol–water partition coefficient (Wildman–Crippen LogP) is 9.89. The average Bonchev–Trinajstić information content (AvgIpc) is 3.71. The summed E-state index contributed by atoms with van der Waals surface area (Å²) in [5.74, 6) is 0.297. The second kappa shape index (κ2) is 35.2. The Balaban J connectivity index is 0. The number of carboxylic acids is 2. The maximum absolute atomic E-state index is 10.9. The summed E-state index contributed by atoms with van der Waals surface area (Å²) in [5.41, 5.74) is 12.4. The average molecular weight is 938 g/mol. The molecule has 308 valence electrons. The molecule has 0 bridgehead atoms. The zero-order valence-electron chi connectivity index (χ0n) is 33.0. The van der Waals surface area contributed by atoms with Crippen LogP contribution in [0.2, 0.25) is 0 Å². The number of benzene rings is 2. The number of nitrogens with one attached hydrogen (secondary N) is 1. The van der Waals surface area contributed by atoms with E-state index in [2.05, 4.69) is 71.3 Å². The molecule has 0 radical (unpaired) electrons. The Bertz CT molecular complexity index is 2010. The van der Waals surface area contributed by atoms with Crippen LogP contribution in [0.3, 0.4) is 0 Å². The predicted molar refractivity (Wildman–Crippen MR) is 240 cm³/mol. The van der Waals surface area contributed by atoms with Crippen molar-refractivity contribution in [1.82, 2.24) is 4.98 Å². The van der Waals surface area contributed by atoms with Crippen LogP contribution in [0.5, 0.6) is 11.5 Å². The van der Waals surface area contributed by atoms with Crippen LogP contribution in [0, 0.1) is 21.3 Å². The van der Waals surface area contributed by atoms with Crippen molar-refractivity contribution in [2.24, 2.45) is 0 Å². The summed E-state index contributed by atoms with van der Waals surface area (Å²) >= 11 is 9.05. The fourth-order valence-corrected chi connectivity index (χ4v) is 4.89. The number of allylic oxidation sites excluding steroid dienone is 8. The molecule has 0 spiro atoms. The molecule has 0 saturated heterocycles. The van der Waals surface area contributed by atoms with Gasteiger partial charge in [0.05, 0.1) is 19.8 Å². The van der Waals surface area contributed by atoms with Crippen LogP contribution >= 0.6 is 11.8 Å². The van der Waals surface area contributed by atoms with Crippen molar-refractivity contribution in [3.63, 3.8) is 0 Å². The number of aromatic carboxylic acids is 1. The molecule has 0 amide bonds. The summed E-state index contributed by atoms with van der Waals surface area (Å²) in [4.78, 5) is 25.4. The Hall–Kier alpha value is -6.03. The third-order valence-electron chi connectivity index (χ3n) is 6.96. The second-order valence-corrected chi connectivity index (χ2v) is 12.0. The van der Waals surface area contributed by atoms with E-state index < -0.39 is 11.9 Å². The Morgan fingerprint density at radius 3 is 1.81 bits per heavy atom. The third kappa shape index (κ3) is 25.8. The summed E-state index contributed by atoms with van der Waals surface area (Å²) in [5, 5.41) is 43.6. The van der Waals surface area contributed by atoms with Crippen molar-refractivity contribution in [3.05, 3.63) is 182 Å². The quantitative estimate of drug-likeness (QED) is 0.0402. The molecular formula is C43H44N6O6RuS3. The number of thioether (sulfide) groups is 1. The first kappa shape index (κ1) is 55.1. The fraction of sp³-hybridized carbons (Fsp3) is 0.163. The largest absolute Gasteiger partial charge is 6.00 e. The molecule has 0 saturated carbocycles. The number of nitriles is 2. The Kier molecular flexibility index (Phi) is 32.8. The number of carboxylic acid groups (broad SMARTS) is 2. The summed E-state index contributed by atoms with van der Waals surface area (Å²) in [6, 6.07) is 17.2. The Morgan fingerprint density at radius 2 is 1.41 bits per heavy atom. The normalized spacial score (nSPS) is 11.4. The molecule has 3 aromatic rings. The molecule has 0 aliphatic carbocycles. The van der Waals surface area contributed by atoms with Crippen LogP contribution < -0.4 is 14.5 Å². The van der Waals surface area contributed by atoms with E-state index in [4.69, 9.17) is 35.9 Å². The van der Waals surface area contributed by atoms with Crippen LogP contribution in [-0.2, 0) is 56.0 Å². The second-order valence-electron chi connectivity index (χ2n) is 10.6. The molecule has 0 fully saturated rings. The molecule has 12 nitrogen and oxygen atoms in total. The molecule has 1 heterocycles. The van der Waals surface area contributed by atoms with Crippen LogP contribution in [-0.4, -0.2) is 56.2 Å². The van der Waals surface area contributed by atoms with Crippen LogP contribution in [0.4, 0.5) is 0 Å². The molecule has 0 aliphatic rings. The molecule has 1 aromatic heterocycles. The van der Waals surface area contributed by atoms with Gasteiger partial charge in [-0.3, -0.25) is 0 Å². The van der Waals surface area contributed by atoms with E-state index in [1.807, 2.05) is 67.6 Å². The molecule has 0 unspecified atom stereocenters. The third-order valence-corrected chi connectivity index (χ3v) is 7.89. The van der Waals surface area contributed by atoms with Crippen molar-refractivity contribution in [2.75, 3.05) is 34.1 Å². The zero-order chi connectivity index (χ0) is 43.6. The van der Waals surface area contributed by atoms with E-state index in [0.717, 1.165) is 44.6 Å². The number of thiocyanates is 2. The number of aliphatic carboxylic acids is 1. The van der Waals surface area contributed by atoms with Crippen molar-refractivity contribution >= 4 is 61.1 Å². The van der Waals surface area contributed by atoms with Crippen molar-refractivity contribution < 1.29 is 48.8 Å². The molecule has 59 heavy (non-hydrogen) atoms. The number of ether oxygens (including phenoxy) is 2. The molecule has 0 atom stereocenters. The number of rotatable bonds is 18. The SMILES string of the molecule is C/C=C(/C=C/c1ccc(OC)cc1)\C=C(/[N-]C)SC/C=C(\C=C/[NH-])/C=C/c1ccc(OC)cc1.C[N-]/C=C\C(=C/Cc1cc(C(=O)O)c[n-]1)C(=O)O.N#C[S-].N#C[S-].[Ru+6]. The van der Waals surface area contributed by atoms with Crippen molar-refractivity contribution in [3.8, 4) is 22.3 Å². The van der Waals surface area contributed by atoms with Gasteiger partial charge in [0, 0.05) is 11.3 Å². The van der Waals surface area contributed by atoms with E-state index in [-0.39, 0.29) is 37.0 Å². The van der Waals surface area contributed by atoms with Gasteiger partial charge in [-0.25, -0.2) is 20.1 Å². The maximum Gasteiger partial charge on any atom is 6.00 e. The molecule has 3 N–H and O–H groups in total. The van der Waals surface area contributed by atoms with E-state index in [1.54, 1.807) is 39.1 Å². The molecule has 16 heteroatoms. The first-order chi connectivity index (χ1) is 28.0. The first-order valence-electron chi connectivity index (χ1n) is 16.8. The van der Waals surface area contributed by atoms with Gasteiger partial charge in [0.15, 0.2) is 0 Å². The Morgan fingerprint density at radius 1 is 0.881 bits per heavy atom. The minimum absolute atomic E-state index is 0. The number of methoxy groups -OCH3 is 2. The fourth-order valence-electron chi connectivity index (χ4n) is 4.10. The van der Waals surface area contributed by atoms with Gasteiger partial charge >= 0.3 is 31.4 Å². The van der Waals surface area contributed by atoms with Gasteiger partial charge < -0.3 is 66.3 Å². The summed E-state index contributed by atoms with van der Waals surface area (Å²) < 4.78 is 10.4. The van der Waals surface area contributed by atoms with Gasteiger partial charge in [0.1, 0.15) is 11.5 Å². The van der Waals surface area contributed by atoms with Crippen LogP contribution in [0.25, 0.3) is 28.5 Å². The Labute approximate surface area is 375 Å². The van der Waals surface area contributed by atoms with Crippen LogP contribution in [0.15, 0.2) is 144 Å². The standard InChI is InChI=1S/C29H32N2O2S.C12H12N2O4.2CHNS.Ru/c1-5-23(6-7-24-10-14-27(32-3)15-11-24)22-29(31-2)34-21-19-26(18-20-30)9-8-25-12-16-28(33-4)17-13-25;1-13-5-4-8(11(15)16)2-3-10-6-9(7-14-10)12(17)18;2*2-1-3;/h5-20,22,30H,21H2,1-4H3;2,4-7H,3H2,1H3,(H,15,16)(H,17,18);2*3H;/q2*-2;;;+6/p-2/b7-6+,9-8+,20-18-,23-5-,26-19-,29-22+;5-4-,8-2+;;;. The summed E-state index contributed by atoms with van der Waals surface area (Å²) in [7, 11) is 6.66. The van der Waals surface area contributed by atoms with Gasteiger partial charge in [0.25, 0.3) is 0 Å². The minimum atomic E-state index is -1.07. The number of carbonyl (C=O) groups is 2. The topological polar surface area (TPSA) is 207 Å². The number of hydrogen-bond acceptors (Lipinski definition) is 9. The number of hydrogen-bond donors (Lipinski definition) is 2. The number of aromatic nitrogens is 1. The zero-order valence-corrected chi connectivity index (χ0v) is 37.1. The van der Waals surface area contributed by atoms with E-state index in [0.29, 0.717) is 5.69 Å². The van der Waals surface area contributed by atoms with Gasteiger partial charge in [-0.15, -0.1) is 30.9 Å². The van der Waals surface area contributed by atoms with Gasteiger partial charge in [0.2, 0.25) is 0 Å². The van der Waals surface area contributed by atoms with Gasteiger partial charge in [-0.2, -0.15) is 24.3 Å². The summed E-state index contributed by atoms with van der Waals surface area (Å²) in [6.45, 7) is 2.02. The van der Waals surface area contributed by atoms with Crippen molar-refractivity contribution in [1.29, 1.82) is 10.5 Å². The molecule has 0 aliphatic heterocycles. The van der Waals surface area contributed by atoms with Gasteiger partial charge in [-0.05, 0) is 59.9 Å². The molecule has 2 aromatic carbocycles. The summed E-state index contributed by atoms with van der Waals surface area (Å²) in [6.07, 6.45) is 23.2. The monoisotopic (exact) mass is 938 g/mol. The molecule has 3 rings (SSSR count). The van der Waals surface area contributed by atoms with E-state index in [9.17, 15) is 9.59 Å². The van der Waals surface area contributed by atoms with E-state index in [1.165, 1.54) is 54.7 Å². The minimum Gasteiger partial charge on any atom is -0.705 e. The van der Waals surface area contributed by atoms with Crippen LogP contribution in [0.1, 0.15) is 34.1 Å². The first-order valence-corrected chi connectivity index (χ1v) is 18.6. The number of nitrogens with zero attached hydrogens (tertiary/aromatic N) is 5. The van der Waals surface area contributed by atoms with Crippen molar-refractivity contribution in [2.45, 2.75) is 13.3 Å². The maximum atomic E-state index is 10.9. The smallest absolute Gasteiger partial charge is 0.705 e. The van der Waals surface area contributed by atoms with E-state index >= 15 is 0 Å². The van der Waals surface area contributed by atoms with Gasteiger partial charge in [-0.1, -0.05) is 102 Å². The molecular weight excluding hydrogens is 894 g/mol.